The van der Waals surface area contributed by atoms with Crippen LogP contribution in [-0.2, 0) is 0 Å². The molecule has 0 spiro atoms. The van der Waals surface area contributed by atoms with Crippen LogP contribution in [-0.4, -0.2) is 44.1 Å². The molecule has 120 valence electrons. The Morgan fingerprint density at radius 2 is 1.91 bits per heavy atom. The number of aromatic nitrogens is 1. The third kappa shape index (κ3) is 3.51. The number of hydrogen-bond acceptors (Lipinski definition) is 4. The molecule has 1 aliphatic heterocycles. The Morgan fingerprint density at radius 1 is 1.13 bits per heavy atom. The number of hydrogen-bond donors (Lipinski definition) is 1. The maximum Gasteiger partial charge on any atom is 0.260 e. The molecule has 0 unspecified atom stereocenters. The van der Waals surface area contributed by atoms with Crippen LogP contribution in [0.5, 0.6) is 0 Å². The van der Waals surface area contributed by atoms with Gasteiger partial charge in [0.2, 0.25) is 0 Å². The van der Waals surface area contributed by atoms with Crippen molar-refractivity contribution >= 4 is 17.3 Å². The summed E-state index contributed by atoms with van der Waals surface area (Å²) in [5.74, 6) is 0.00371. The van der Waals surface area contributed by atoms with E-state index in [2.05, 4.69) is 15.2 Å². The number of carbonyl (C=O) groups excluding carboxylic acids is 1. The number of carbonyl (C=O) groups is 1. The zero-order valence-electron chi connectivity index (χ0n) is 13.4. The minimum absolute atomic E-state index is 0.00371. The topological polar surface area (TPSA) is 48.5 Å². The molecule has 0 bridgehead atoms. The fourth-order valence-electron chi connectivity index (χ4n) is 2.88. The molecule has 3 rings (SSSR count). The predicted octanol–water partition coefficient (Wildman–Crippen LogP) is 2.16. The Hall–Kier alpha value is -2.40. The lowest BCUT2D eigenvalue weighted by Crippen LogP contribution is -2.32. The molecule has 1 aliphatic rings. The van der Waals surface area contributed by atoms with Crippen molar-refractivity contribution in [2.24, 2.45) is 0 Å². The maximum absolute atomic E-state index is 13.0. The normalized spacial score (nSPS) is 15.1. The van der Waals surface area contributed by atoms with Gasteiger partial charge < -0.3 is 15.1 Å². The average molecular weight is 310 g/mol. The molecule has 2 aromatic rings. The van der Waals surface area contributed by atoms with Crippen molar-refractivity contribution < 1.29 is 4.79 Å². The molecule has 0 aliphatic carbocycles. The lowest BCUT2D eigenvalue weighted by Gasteiger charge is -2.26. The van der Waals surface area contributed by atoms with Gasteiger partial charge in [-0.15, -0.1) is 0 Å². The summed E-state index contributed by atoms with van der Waals surface area (Å²) in [6.45, 7) is 3.87. The smallest absolute Gasteiger partial charge is 0.260 e. The molecule has 5 nitrogen and oxygen atoms in total. The summed E-state index contributed by atoms with van der Waals surface area (Å²) < 4.78 is 0. The largest absolute Gasteiger partial charge is 0.370 e. The third-order valence-corrected chi connectivity index (χ3v) is 4.17. The van der Waals surface area contributed by atoms with Gasteiger partial charge in [0.25, 0.3) is 5.91 Å². The Bertz CT molecular complexity index is 651. The summed E-state index contributed by atoms with van der Waals surface area (Å²) in [7, 11) is 1.80. The van der Waals surface area contributed by atoms with Crippen LogP contribution in [0.1, 0.15) is 16.8 Å². The van der Waals surface area contributed by atoms with E-state index >= 15 is 0 Å². The second-order valence-electron chi connectivity index (χ2n) is 5.68. The van der Waals surface area contributed by atoms with E-state index in [0.29, 0.717) is 0 Å². The number of rotatable bonds is 3. The summed E-state index contributed by atoms with van der Waals surface area (Å²) in [4.78, 5) is 20.9. The fourth-order valence-corrected chi connectivity index (χ4v) is 2.88. The summed E-state index contributed by atoms with van der Waals surface area (Å²) in [6.07, 6.45) is 4.49. The minimum atomic E-state index is 0.00371. The highest BCUT2D eigenvalue weighted by atomic mass is 16.2. The monoisotopic (exact) mass is 310 g/mol. The number of para-hydroxylation sites is 1. The highest BCUT2D eigenvalue weighted by molar-refractivity contribution is 6.09. The Morgan fingerprint density at radius 3 is 2.74 bits per heavy atom. The van der Waals surface area contributed by atoms with Gasteiger partial charge in [-0.25, -0.2) is 0 Å². The van der Waals surface area contributed by atoms with E-state index in [4.69, 9.17) is 0 Å². The van der Waals surface area contributed by atoms with Crippen LogP contribution in [0.2, 0.25) is 0 Å². The first kappa shape index (κ1) is 15.5. The molecule has 0 radical (unpaired) electrons. The lowest BCUT2D eigenvalue weighted by molar-refractivity contribution is 0.0993. The van der Waals surface area contributed by atoms with Crippen LogP contribution in [0.25, 0.3) is 0 Å². The van der Waals surface area contributed by atoms with Gasteiger partial charge in [0.1, 0.15) is 0 Å². The quantitative estimate of drug-likeness (QED) is 0.944. The third-order valence-electron chi connectivity index (χ3n) is 4.17. The predicted molar refractivity (Wildman–Crippen MR) is 93.1 cm³/mol. The standard InChI is InChI=1S/C18H22N4O/c1-21(15-7-10-20-11-8-15)18(23)16-5-2-3-6-17(16)22-13-4-9-19-12-14-22/h2-3,5-8,10-11,19H,4,9,12-14H2,1H3. The highest BCUT2D eigenvalue weighted by Gasteiger charge is 2.20. The maximum atomic E-state index is 13.0. The van der Waals surface area contributed by atoms with Crippen molar-refractivity contribution in [3.63, 3.8) is 0 Å². The van der Waals surface area contributed by atoms with Crippen molar-refractivity contribution in [3.05, 3.63) is 54.4 Å². The Balaban J connectivity index is 1.88. The molecule has 5 heteroatoms. The molecule has 1 aromatic carbocycles. The van der Waals surface area contributed by atoms with Gasteiger partial charge in [-0.3, -0.25) is 9.78 Å². The molecule has 1 aromatic heterocycles. The molecule has 1 saturated heterocycles. The number of amides is 1. The van der Waals surface area contributed by atoms with Crippen molar-refractivity contribution in [1.82, 2.24) is 10.3 Å². The Kier molecular flexibility index (Phi) is 4.88. The van der Waals surface area contributed by atoms with E-state index in [1.165, 1.54) is 0 Å². The first-order chi connectivity index (χ1) is 11.3. The number of benzene rings is 1. The van der Waals surface area contributed by atoms with E-state index < -0.39 is 0 Å². The van der Waals surface area contributed by atoms with Gasteiger partial charge in [0.05, 0.1) is 5.56 Å². The Labute approximate surface area is 136 Å². The molecule has 0 saturated carbocycles. The fraction of sp³-hybridized carbons (Fsp3) is 0.333. The zero-order chi connectivity index (χ0) is 16.1. The molecule has 1 N–H and O–H groups in total. The molecule has 23 heavy (non-hydrogen) atoms. The van der Waals surface area contributed by atoms with Crippen molar-refractivity contribution in [1.29, 1.82) is 0 Å². The molecule has 0 atom stereocenters. The van der Waals surface area contributed by atoms with Gasteiger partial charge in [0, 0.05) is 50.5 Å². The summed E-state index contributed by atoms with van der Waals surface area (Å²) in [5.41, 5.74) is 2.60. The van der Waals surface area contributed by atoms with E-state index in [1.54, 1.807) is 24.3 Å². The highest BCUT2D eigenvalue weighted by Crippen LogP contribution is 2.24. The minimum Gasteiger partial charge on any atom is -0.370 e. The van der Waals surface area contributed by atoms with Crippen molar-refractivity contribution in [2.45, 2.75) is 6.42 Å². The lowest BCUT2D eigenvalue weighted by atomic mass is 10.1. The number of nitrogens with zero attached hydrogens (tertiary/aromatic N) is 3. The van der Waals surface area contributed by atoms with Crippen LogP contribution in [0.4, 0.5) is 11.4 Å². The van der Waals surface area contributed by atoms with E-state index in [-0.39, 0.29) is 5.91 Å². The summed E-state index contributed by atoms with van der Waals surface area (Å²) in [6, 6.07) is 11.6. The second kappa shape index (κ2) is 7.24. The van der Waals surface area contributed by atoms with E-state index in [9.17, 15) is 4.79 Å². The number of anilines is 2. The van der Waals surface area contributed by atoms with Crippen LogP contribution in [0.3, 0.4) is 0 Å². The first-order valence-electron chi connectivity index (χ1n) is 8.00. The van der Waals surface area contributed by atoms with Gasteiger partial charge >= 0.3 is 0 Å². The van der Waals surface area contributed by atoms with Crippen LogP contribution < -0.4 is 15.1 Å². The van der Waals surface area contributed by atoms with E-state index in [0.717, 1.165) is 49.5 Å². The van der Waals surface area contributed by atoms with Gasteiger partial charge in [-0.2, -0.15) is 0 Å². The zero-order valence-corrected chi connectivity index (χ0v) is 13.4. The van der Waals surface area contributed by atoms with Crippen molar-refractivity contribution in [3.8, 4) is 0 Å². The van der Waals surface area contributed by atoms with Gasteiger partial charge in [-0.1, -0.05) is 12.1 Å². The average Bonchev–Trinajstić information content (AvgIpc) is 2.90. The van der Waals surface area contributed by atoms with E-state index in [1.807, 2.05) is 36.4 Å². The molecule has 1 fully saturated rings. The number of nitrogens with one attached hydrogen (secondary N) is 1. The van der Waals surface area contributed by atoms with Gasteiger partial charge in [-0.05, 0) is 37.2 Å². The van der Waals surface area contributed by atoms with Crippen molar-refractivity contribution in [2.75, 3.05) is 43.0 Å². The summed E-state index contributed by atoms with van der Waals surface area (Å²) >= 11 is 0. The van der Waals surface area contributed by atoms with Crippen LogP contribution >= 0.6 is 0 Å². The SMILES string of the molecule is CN(C(=O)c1ccccc1N1CCCNCC1)c1ccncc1. The van der Waals surface area contributed by atoms with Crippen LogP contribution in [0.15, 0.2) is 48.8 Å². The van der Waals surface area contributed by atoms with Crippen LogP contribution in [0, 0.1) is 0 Å². The first-order valence-corrected chi connectivity index (χ1v) is 8.00. The molecule has 1 amide bonds. The molecular formula is C18H22N4O. The molecule has 2 heterocycles. The second-order valence-corrected chi connectivity index (χ2v) is 5.68. The summed E-state index contributed by atoms with van der Waals surface area (Å²) in [5, 5.41) is 3.40. The molecular weight excluding hydrogens is 288 g/mol. The van der Waals surface area contributed by atoms with Gasteiger partial charge in [0.15, 0.2) is 0 Å². The number of pyridine rings is 1.